The van der Waals surface area contributed by atoms with Gasteiger partial charge in [-0.1, -0.05) is 37.5 Å². The molecule has 0 saturated carbocycles. The highest BCUT2D eigenvalue weighted by molar-refractivity contribution is 7.91. The predicted molar refractivity (Wildman–Crippen MR) is 116 cm³/mol. The second-order valence-corrected chi connectivity index (χ2v) is 8.44. The molecule has 8 heteroatoms. The van der Waals surface area contributed by atoms with Crippen LogP contribution in [-0.2, 0) is 9.84 Å². The quantitative estimate of drug-likeness (QED) is 0.510. The highest BCUT2D eigenvalue weighted by atomic mass is 32.2. The van der Waals surface area contributed by atoms with Crippen molar-refractivity contribution in [3.8, 4) is 11.8 Å². The fourth-order valence-electron chi connectivity index (χ4n) is 2.35. The minimum Gasteiger partial charge on any atom is -0.401 e. The Kier molecular flexibility index (Phi) is 6.80. The summed E-state index contributed by atoms with van der Waals surface area (Å²) in [5.74, 6) is 6.44. The Balaban J connectivity index is 2.54. The Bertz CT molecular complexity index is 1130. The largest absolute Gasteiger partial charge is 0.401 e. The Labute approximate surface area is 171 Å². The van der Waals surface area contributed by atoms with Crippen LogP contribution in [0.15, 0.2) is 76.2 Å². The summed E-state index contributed by atoms with van der Waals surface area (Å²) in [6, 6.07) is 9.70. The molecule has 0 bridgehead atoms. The number of aromatic nitrogens is 1. The third-order valence-corrected chi connectivity index (χ3v) is 5.62. The first kappa shape index (κ1) is 21.7. The molecule has 7 nitrogen and oxygen atoms in total. The molecule has 0 fully saturated rings. The van der Waals surface area contributed by atoms with Crippen LogP contribution in [0.4, 0.5) is 5.82 Å². The maximum absolute atomic E-state index is 12.1. The number of hydrogen-bond donors (Lipinski definition) is 3. The van der Waals surface area contributed by atoms with E-state index in [0.717, 1.165) is 0 Å². The minimum atomic E-state index is -3.31. The predicted octanol–water partition coefficient (Wildman–Crippen LogP) is 1.96. The van der Waals surface area contributed by atoms with Crippen LogP contribution in [0, 0.1) is 11.8 Å². The third kappa shape index (κ3) is 5.70. The third-order valence-electron chi connectivity index (χ3n) is 3.87. The van der Waals surface area contributed by atoms with Gasteiger partial charge < -0.3 is 17.2 Å². The van der Waals surface area contributed by atoms with Crippen LogP contribution in [-0.4, -0.2) is 24.9 Å². The zero-order chi connectivity index (χ0) is 21.6. The molecule has 0 aliphatic carbocycles. The summed E-state index contributed by atoms with van der Waals surface area (Å²) in [4.78, 5) is 8.51. The Morgan fingerprint density at radius 3 is 2.31 bits per heavy atom. The normalized spacial score (nSPS) is 12.6. The van der Waals surface area contributed by atoms with Crippen molar-refractivity contribution in [3.63, 3.8) is 0 Å². The zero-order valence-corrected chi connectivity index (χ0v) is 17.1. The highest BCUT2D eigenvalue weighted by Crippen LogP contribution is 2.17. The number of sulfone groups is 1. The van der Waals surface area contributed by atoms with Crippen LogP contribution in [0.5, 0.6) is 0 Å². The molecule has 2 rings (SSSR count). The summed E-state index contributed by atoms with van der Waals surface area (Å²) < 4.78 is 24.1. The lowest BCUT2D eigenvalue weighted by Crippen LogP contribution is -2.12. The standard InChI is InChI=1S/C21H23N5O2S/c1-4-29(27,28)18-9-7-17(8-10-18)21(26-15(3)23)19(14(2)22)11-5-16-6-12-20(24)25-13-16/h6-10,12-13H,3-4,22-23H2,1-2H3,(H2,24,25)/b19-14-,26-21-. The van der Waals surface area contributed by atoms with Crippen molar-refractivity contribution in [1.29, 1.82) is 0 Å². The number of hydrogen-bond acceptors (Lipinski definition) is 7. The highest BCUT2D eigenvalue weighted by Gasteiger charge is 2.15. The lowest BCUT2D eigenvalue weighted by molar-refractivity contribution is 0.597. The molecule has 0 radical (unpaired) electrons. The van der Waals surface area contributed by atoms with Crippen molar-refractivity contribution in [3.05, 3.63) is 77.4 Å². The number of anilines is 1. The smallest absolute Gasteiger partial charge is 0.178 e. The van der Waals surface area contributed by atoms with Gasteiger partial charge in [0.2, 0.25) is 0 Å². The van der Waals surface area contributed by atoms with Gasteiger partial charge in [-0.15, -0.1) is 0 Å². The van der Waals surface area contributed by atoms with Gasteiger partial charge in [0.1, 0.15) is 11.6 Å². The topological polar surface area (TPSA) is 137 Å². The first-order valence-electron chi connectivity index (χ1n) is 8.70. The van der Waals surface area contributed by atoms with Crippen LogP contribution in [0.2, 0.25) is 0 Å². The van der Waals surface area contributed by atoms with Gasteiger partial charge in [0, 0.05) is 23.0 Å². The molecule has 0 spiro atoms. The first-order valence-corrected chi connectivity index (χ1v) is 10.4. The van der Waals surface area contributed by atoms with Gasteiger partial charge in [-0.05, 0) is 31.2 Å². The van der Waals surface area contributed by atoms with Gasteiger partial charge in [-0.2, -0.15) is 0 Å². The molecule has 0 aliphatic heterocycles. The van der Waals surface area contributed by atoms with Crippen LogP contribution in [0.25, 0.3) is 0 Å². The van der Waals surface area contributed by atoms with Crippen molar-refractivity contribution < 1.29 is 8.42 Å². The molecule has 0 unspecified atom stereocenters. The fourth-order valence-corrected chi connectivity index (χ4v) is 3.24. The number of aliphatic imine (C=N–C) groups is 1. The molecule has 0 atom stereocenters. The number of nitrogen functional groups attached to an aromatic ring is 1. The molecule has 150 valence electrons. The zero-order valence-electron chi connectivity index (χ0n) is 16.3. The van der Waals surface area contributed by atoms with E-state index < -0.39 is 9.84 Å². The van der Waals surface area contributed by atoms with E-state index in [-0.39, 0.29) is 16.5 Å². The molecular weight excluding hydrogens is 386 g/mol. The number of pyridine rings is 1. The van der Waals surface area contributed by atoms with E-state index in [1.54, 1.807) is 44.3 Å². The molecule has 6 N–H and O–H groups in total. The van der Waals surface area contributed by atoms with Crippen molar-refractivity contribution in [1.82, 2.24) is 4.98 Å². The number of nitrogens with zero attached hydrogens (tertiary/aromatic N) is 2. The van der Waals surface area contributed by atoms with Crippen molar-refractivity contribution >= 4 is 21.4 Å². The maximum atomic E-state index is 12.1. The summed E-state index contributed by atoms with van der Waals surface area (Å²) in [5.41, 5.74) is 19.9. The SMILES string of the molecule is C=C(N)/N=C(\C(C#Cc1ccc(N)nc1)=C(\C)N)c1ccc(S(=O)(=O)CC)cc1. The summed E-state index contributed by atoms with van der Waals surface area (Å²) in [6.45, 7) is 6.90. The molecule has 2 aromatic rings. The van der Waals surface area contributed by atoms with E-state index in [1.807, 2.05) is 0 Å². The Hall–Kier alpha value is -3.57. The van der Waals surface area contributed by atoms with Gasteiger partial charge in [-0.3, -0.25) is 0 Å². The van der Waals surface area contributed by atoms with Crippen molar-refractivity contribution in [2.75, 3.05) is 11.5 Å². The summed E-state index contributed by atoms with van der Waals surface area (Å²) in [7, 11) is -3.31. The summed E-state index contributed by atoms with van der Waals surface area (Å²) in [5, 5.41) is 0. The van der Waals surface area contributed by atoms with E-state index in [1.165, 1.54) is 12.1 Å². The van der Waals surface area contributed by atoms with Crippen molar-refractivity contribution in [2.45, 2.75) is 18.7 Å². The monoisotopic (exact) mass is 409 g/mol. The van der Waals surface area contributed by atoms with Gasteiger partial charge in [0.05, 0.1) is 21.9 Å². The molecule has 0 aliphatic rings. The van der Waals surface area contributed by atoms with Crippen LogP contribution >= 0.6 is 0 Å². The first-order chi connectivity index (χ1) is 13.6. The van der Waals surface area contributed by atoms with E-state index >= 15 is 0 Å². The molecular formula is C21H23N5O2S. The van der Waals surface area contributed by atoms with E-state index in [9.17, 15) is 8.42 Å². The number of allylic oxidation sites excluding steroid dienone is 2. The van der Waals surface area contributed by atoms with Gasteiger partial charge in [-0.25, -0.2) is 18.4 Å². The molecule has 1 aromatic carbocycles. The van der Waals surface area contributed by atoms with Crippen LogP contribution in [0.3, 0.4) is 0 Å². The summed E-state index contributed by atoms with van der Waals surface area (Å²) >= 11 is 0. The molecule has 1 aromatic heterocycles. The fraction of sp³-hybridized carbons (Fsp3) is 0.143. The average Bonchev–Trinajstić information content (AvgIpc) is 2.68. The lowest BCUT2D eigenvalue weighted by Gasteiger charge is -2.10. The van der Waals surface area contributed by atoms with Gasteiger partial charge in [0.25, 0.3) is 0 Å². The molecule has 0 amide bonds. The van der Waals surface area contributed by atoms with Crippen molar-refractivity contribution in [2.24, 2.45) is 16.5 Å². The summed E-state index contributed by atoms with van der Waals surface area (Å²) in [6.07, 6.45) is 1.55. The maximum Gasteiger partial charge on any atom is 0.178 e. The molecule has 1 heterocycles. The van der Waals surface area contributed by atoms with E-state index in [4.69, 9.17) is 17.2 Å². The van der Waals surface area contributed by atoms with Gasteiger partial charge in [0.15, 0.2) is 9.84 Å². The number of rotatable bonds is 5. The molecule has 0 saturated heterocycles. The second kappa shape index (κ2) is 9.08. The minimum absolute atomic E-state index is 0.0149. The number of benzene rings is 1. The Morgan fingerprint density at radius 2 is 1.83 bits per heavy atom. The average molecular weight is 410 g/mol. The Morgan fingerprint density at radius 1 is 1.17 bits per heavy atom. The van der Waals surface area contributed by atoms with Crippen LogP contribution in [0.1, 0.15) is 25.0 Å². The van der Waals surface area contributed by atoms with E-state index in [2.05, 4.69) is 28.4 Å². The second-order valence-electron chi connectivity index (χ2n) is 6.16. The number of nitrogens with two attached hydrogens (primary N) is 3. The molecule has 29 heavy (non-hydrogen) atoms. The van der Waals surface area contributed by atoms with Crippen LogP contribution < -0.4 is 17.2 Å². The van der Waals surface area contributed by atoms with E-state index in [0.29, 0.717) is 33.9 Å². The van der Waals surface area contributed by atoms with Gasteiger partial charge >= 0.3 is 0 Å². The lowest BCUT2D eigenvalue weighted by atomic mass is 10.0.